The first kappa shape index (κ1) is 25.8. The molecule has 0 bridgehead atoms. The molecule has 0 aliphatic rings. The van der Waals surface area contributed by atoms with Gasteiger partial charge in [0.2, 0.25) is 5.78 Å². The fraction of sp³-hybridized carbons (Fsp3) is 0.115. The molecule has 0 N–H and O–H groups in total. The number of benzene rings is 3. The minimum atomic E-state index is -5.01. The van der Waals surface area contributed by atoms with Gasteiger partial charge in [0.25, 0.3) is 0 Å². The van der Waals surface area contributed by atoms with E-state index in [2.05, 4.69) is 10.3 Å². The molecule has 0 saturated heterocycles. The monoisotopic (exact) mass is 519 g/mol. The molecule has 0 saturated carbocycles. The number of allylic oxidation sites excluding steroid dienone is 1. The molecule has 0 atom stereocenters. The number of ketones is 1. The Kier molecular flexibility index (Phi) is 6.97. The van der Waals surface area contributed by atoms with Gasteiger partial charge in [-0.05, 0) is 42.0 Å². The maximum Gasteiger partial charge on any atom is 0.416 e. The lowest BCUT2D eigenvalue weighted by molar-refractivity contribution is -0.143. The lowest BCUT2D eigenvalue weighted by Gasteiger charge is -2.15. The summed E-state index contributed by atoms with van der Waals surface area (Å²) in [5.74, 6) is -1.25. The molecule has 4 aromatic rings. The van der Waals surface area contributed by atoms with Crippen molar-refractivity contribution in [1.82, 2.24) is 15.0 Å². The molecule has 1 aromatic heterocycles. The summed E-state index contributed by atoms with van der Waals surface area (Å²) in [6.07, 6.45) is -7.74. The van der Waals surface area contributed by atoms with Crippen LogP contribution in [0.2, 0.25) is 0 Å². The largest absolute Gasteiger partial charge is 0.416 e. The predicted octanol–water partition coefficient (Wildman–Crippen LogP) is 7.07. The zero-order valence-electron chi connectivity index (χ0n) is 18.7. The van der Waals surface area contributed by atoms with E-state index in [0.29, 0.717) is 17.7 Å². The van der Waals surface area contributed by atoms with Crippen LogP contribution in [-0.2, 0) is 18.9 Å². The first-order valence-electron chi connectivity index (χ1n) is 10.7. The molecule has 0 amide bonds. The fourth-order valence-electron chi connectivity index (χ4n) is 3.61. The Labute approximate surface area is 205 Å². The van der Waals surface area contributed by atoms with Gasteiger partial charge in [-0.25, -0.2) is 9.07 Å². The standard InChI is InChI=1S/C26H16F7N3O/c27-21-9-5-4-6-17(21)10-11-22(37)23-24(18-7-2-1-3-8-18)36(35-34-23)15-16-12-19(25(28,29)30)14-20(13-16)26(31,32)33/h1-14H,15H2. The molecule has 4 nitrogen and oxygen atoms in total. The molecule has 0 aliphatic heterocycles. The molecule has 0 fully saturated rings. The van der Waals surface area contributed by atoms with Gasteiger partial charge in [-0.15, -0.1) is 5.10 Å². The molecule has 0 spiro atoms. The van der Waals surface area contributed by atoms with Crippen molar-refractivity contribution in [2.45, 2.75) is 18.9 Å². The zero-order chi connectivity index (χ0) is 26.8. The third kappa shape index (κ3) is 5.93. The first-order valence-corrected chi connectivity index (χ1v) is 10.7. The summed E-state index contributed by atoms with van der Waals surface area (Å²) in [4.78, 5) is 12.9. The van der Waals surface area contributed by atoms with Crippen LogP contribution in [0.5, 0.6) is 0 Å². The second-order valence-corrected chi connectivity index (χ2v) is 7.94. The lowest BCUT2D eigenvalue weighted by Crippen LogP contribution is -2.13. The summed E-state index contributed by atoms with van der Waals surface area (Å²) in [6.45, 7) is -0.533. The van der Waals surface area contributed by atoms with Gasteiger partial charge in [0.15, 0.2) is 5.69 Å². The lowest BCUT2D eigenvalue weighted by atomic mass is 10.0. The van der Waals surface area contributed by atoms with E-state index in [1.165, 1.54) is 24.3 Å². The smallest absolute Gasteiger partial charge is 0.287 e. The quantitative estimate of drug-likeness (QED) is 0.156. The highest BCUT2D eigenvalue weighted by Crippen LogP contribution is 2.37. The number of halogens is 7. The molecule has 190 valence electrons. The number of nitrogens with zero attached hydrogens (tertiary/aromatic N) is 3. The SMILES string of the molecule is O=C(C=Cc1ccccc1F)c1nnn(Cc2cc(C(F)(F)F)cc(C(F)(F)F)c2)c1-c1ccccc1. The number of aromatic nitrogens is 3. The Morgan fingerprint density at radius 3 is 2.03 bits per heavy atom. The molecule has 37 heavy (non-hydrogen) atoms. The van der Waals surface area contributed by atoms with Crippen LogP contribution >= 0.6 is 0 Å². The van der Waals surface area contributed by atoms with Crippen LogP contribution in [0.4, 0.5) is 30.7 Å². The average Bonchev–Trinajstić information content (AvgIpc) is 3.26. The zero-order valence-corrected chi connectivity index (χ0v) is 18.7. The van der Waals surface area contributed by atoms with Gasteiger partial charge in [-0.2, -0.15) is 26.3 Å². The topological polar surface area (TPSA) is 47.8 Å². The van der Waals surface area contributed by atoms with Crippen molar-refractivity contribution < 1.29 is 35.5 Å². The molecule has 11 heteroatoms. The first-order chi connectivity index (χ1) is 17.4. The number of carbonyl (C=O) groups excluding carboxylic acids is 1. The molecule has 4 rings (SSSR count). The Balaban J connectivity index is 1.77. The van der Waals surface area contributed by atoms with Gasteiger partial charge >= 0.3 is 12.4 Å². The van der Waals surface area contributed by atoms with Crippen LogP contribution < -0.4 is 0 Å². The molecule has 0 radical (unpaired) electrons. The van der Waals surface area contributed by atoms with Crippen molar-refractivity contribution in [2.24, 2.45) is 0 Å². The van der Waals surface area contributed by atoms with E-state index < -0.39 is 41.6 Å². The van der Waals surface area contributed by atoms with Crippen LogP contribution in [-0.4, -0.2) is 20.8 Å². The maximum atomic E-state index is 13.9. The van der Waals surface area contributed by atoms with Crippen molar-refractivity contribution >= 4 is 11.9 Å². The predicted molar refractivity (Wildman–Crippen MR) is 121 cm³/mol. The Morgan fingerprint density at radius 2 is 1.43 bits per heavy atom. The Bertz CT molecular complexity index is 1420. The van der Waals surface area contributed by atoms with Crippen LogP contribution in [0, 0.1) is 5.82 Å². The van der Waals surface area contributed by atoms with Gasteiger partial charge in [-0.3, -0.25) is 4.79 Å². The minimum Gasteiger partial charge on any atom is -0.287 e. The van der Waals surface area contributed by atoms with Gasteiger partial charge in [-0.1, -0.05) is 53.7 Å². The third-order valence-corrected chi connectivity index (χ3v) is 5.32. The van der Waals surface area contributed by atoms with Crippen molar-refractivity contribution in [2.75, 3.05) is 0 Å². The van der Waals surface area contributed by atoms with E-state index in [4.69, 9.17) is 0 Å². The summed E-state index contributed by atoms with van der Waals surface area (Å²) in [5, 5.41) is 7.68. The highest BCUT2D eigenvalue weighted by Gasteiger charge is 2.37. The Morgan fingerprint density at radius 1 is 0.838 bits per heavy atom. The van der Waals surface area contributed by atoms with Crippen LogP contribution in [0.15, 0.2) is 78.9 Å². The van der Waals surface area contributed by atoms with Crippen LogP contribution in [0.3, 0.4) is 0 Å². The van der Waals surface area contributed by atoms with E-state index >= 15 is 0 Å². The van der Waals surface area contributed by atoms with Crippen molar-refractivity contribution in [3.63, 3.8) is 0 Å². The second-order valence-electron chi connectivity index (χ2n) is 7.94. The summed E-state index contributed by atoms with van der Waals surface area (Å²) in [6, 6.07) is 15.0. The summed E-state index contributed by atoms with van der Waals surface area (Å²) in [5.41, 5.74) is -2.88. The molecular weight excluding hydrogens is 503 g/mol. The van der Waals surface area contributed by atoms with Gasteiger partial charge in [0.05, 0.1) is 17.7 Å². The van der Waals surface area contributed by atoms with Crippen molar-refractivity contribution in [3.05, 3.63) is 113 Å². The summed E-state index contributed by atoms with van der Waals surface area (Å²) in [7, 11) is 0. The Hall–Kier alpha value is -4.28. The molecule has 3 aromatic carbocycles. The number of alkyl halides is 6. The number of hydrogen-bond acceptors (Lipinski definition) is 3. The normalized spacial score (nSPS) is 12.3. The van der Waals surface area contributed by atoms with E-state index in [-0.39, 0.29) is 28.6 Å². The summed E-state index contributed by atoms with van der Waals surface area (Å²) >= 11 is 0. The van der Waals surface area contributed by atoms with Gasteiger partial charge in [0.1, 0.15) is 11.5 Å². The van der Waals surface area contributed by atoms with Crippen molar-refractivity contribution in [1.29, 1.82) is 0 Å². The van der Waals surface area contributed by atoms with Gasteiger partial charge < -0.3 is 0 Å². The minimum absolute atomic E-state index is 0.0331. The highest BCUT2D eigenvalue weighted by molar-refractivity contribution is 6.09. The van der Waals surface area contributed by atoms with Gasteiger partial charge in [0, 0.05) is 11.1 Å². The molecule has 0 unspecified atom stereocenters. The van der Waals surface area contributed by atoms with E-state index in [1.807, 2.05) is 0 Å². The maximum absolute atomic E-state index is 13.9. The molecular formula is C26H16F7N3O. The van der Waals surface area contributed by atoms with Crippen LogP contribution in [0.25, 0.3) is 17.3 Å². The van der Waals surface area contributed by atoms with E-state index in [0.717, 1.165) is 10.8 Å². The van der Waals surface area contributed by atoms with E-state index in [9.17, 15) is 35.5 Å². The molecule has 1 heterocycles. The molecule has 0 aliphatic carbocycles. The third-order valence-electron chi connectivity index (χ3n) is 5.32. The van der Waals surface area contributed by atoms with E-state index in [1.54, 1.807) is 36.4 Å². The van der Waals surface area contributed by atoms with Crippen molar-refractivity contribution in [3.8, 4) is 11.3 Å². The highest BCUT2D eigenvalue weighted by atomic mass is 19.4. The number of hydrogen-bond donors (Lipinski definition) is 0. The summed E-state index contributed by atoms with van der Waals surface area (Å²) < 4.78 is 94.8. The average molecular weight is 519 g/mol. The van der Waals surface area contributed by atoms with Crippen LogP contribution in [0.1, 0.15) is 32.7 Å². The number of carbonyl (C=O) groups is 1. The second kappa shape index (κ2) is 10.00. The number of rotatable bonds is 6. The fourth-order valence-corrected chi connectivity index (χ4v) is 3.61.